The molecule has 1 atom stereocenters. The first kappa shape index (κ1) is 19.3. The molecular formula is C18H18F3N3O2S. The molecule has 5 nitrogen and oxygen atoms in total. The summed E-state index contributed by atoms with van der Waals surface area (Å²) in [5, 5.41) is 3.22. The molecule has 1 unspecified atom stereocenters. The topological polar surface area (TPSA) is 62.3 Å². The number of nitrogens with one attached hydrogen (secondary N) is 1. The summed E-state index contributed by atoms with van der Waals surface area (Å²) in [7, 11) is 0. The van der Waals surface area contributed by atoms with E-state index in [0.717, 1.165) is 22.3 Å². The fourth-order valence-electron chi connectivity index (χ4n) is 2.92. The minimum atomic E-state index is -4.54. The van der Waals surface area contributed by atoms with Gasteiger partial charge < -0.3 is 10.2 Å². The molecule has 0 aliphatic carbocycles. The molecule has 1 saturated heterocycles. The fourth-order valence-corrected chi connectivity index (χ4v) is 3.64. The fraction of sp³-hybridized carbons (Fsp3) is 0.389. The highest BCUT2D eigenvalue weighted by Crippen LogP contribution is 2.32. The monoisotopic (exact) mass is 397 g/mol. The number of hydrogen-bond donors (Lipinski definition) is 1. The van der Waals surface area contributed by atoms with Crippen LogP contribution in [0.3, 0.4) is 0 Å². The van der Waals surface area contributed by atoms with Crippen molar-refractivity contribution in [3.8, 4) is 0 Å². The standard InChI is InChI=1S/C18H18F3N3O2S/c1-11-4-6-12(7-5-11)16(26)24-8-2-3-13(9-24)15(25)23-17-22-14(10-27-17)18(19,20)21/h4-7,10,13H,2-3,8-9H2,1H3,(H,22,23,25). The highest BCUT2D eigenvalue weighted by atomic mass is 32.1. The molecule has 1 aromatic heterocycles. The number of halogens is 3. The number of likely N-dealkylation sites (tertiary alicyclic amines) is 1. The number of carbonyl (C=O) groups excluding carboxylic acids is 2. The van der Waals surface area contributed by atoms with E-state index in [9.17, 15) is 22.8 Å². The normalized spacial score (nSPS) is 17.6. The summed E-state index contributed by atoms with van der Waals surface area (Å²) in [6.45, 7) is 2.71. The van der Waals surface area contributed by atoms with E-state index < -0.39 is 23.7 Å². The van der Waals surface area contributed by atoms with Crippen LogP contribution in [0.5, 0.6) is 0 Å². The molecule has 144 valence electrons. The molecule has 1 aromatic carbocycles. The molecular weight excluding hydrogens is 379 g/mol. The van der Waals surface area contributed by atoms with Crippen LogP contribution in [0.1, 0.15) is 34.5 Å². The van der Waals surface area contributed by atoms with E-state index in [2.05, 4.69) is 10.3 Å². The summed E-state index contributed by atoms with van der Waals surface area (Å²) in [6.07, 6.45) is -3.32. The number of rotatable bonds is 3. The quantitative estimate of drug-likeness (QED) is 0.853. The van der Waals surface area contributed by atoms with E-state index in [4.69, 9.17) is 0 Å². The highest BCUT2D eigenvalue weighted by Gasteiger charge is 2.34. The van der Waals surface area contributed by atoms with Crippen molar-refractivity contribution in [1.82, 2.24) is 9.88 Å². The number of benzene rings is 1. The number of piperidine rings is 1. The Morgan fingerprint density at radius 1 is 1.26 bits per heavy atom. The van der Waals surface area contributed by atoms with Gasteiger partial charge in [0.15, 0.2) is 10.8 Å². The smallest absolute Gasteiger partial charge is 0.338 e. The zero-order valence-electron chi connectivity index (χ0n) is 14.5. The van der Waals surface area contributed by atoms with E-state index in [0.29, 0.717) is 24.9 Å². The molecule has 0 saturated carbocycles. The molecule has 2 heterocycles. The highest BCUT2D eigenvalue weighted by molar-refractivity contribution is 7.13. The SMILES string of the molecule is Cc1ccc(C(=O)N2CCCC(C(=O)Nc3nc(C(F)(F)F)cs3)C2)cc1. The molecule has 0 radical (unpaired) electrons. The maximum Gasteiger partial charge on any atom is 0.434 e. The summed E-state index contributed by atoms with van der Waals surface area (Å²) in [4.78, 5) is 30.0. The molecule has 1 aliphatic rings. The van der Waals surface area contributed by atoms with Gasteiger partial charge in [-0.1, -0.05) is 17.7 Å². The summed E-state index contributed by atoms with van der Waals surface area (Å²) in [5.74, 6) is -1.05. The van der Waals surface area contributed by atoms with E-state index in [1.165, 1.54) is 0 Å². The van der Waals surface area contributed by atoms with Crippen LogP contribution in [0.2, 0.25) is 0 Å². The Hall–Kier alpha value is -2.42. The number of hydrogen-bond acceptors (Lipinski definition) is 4. The molecule has 1 aliphatic heterocycles. The first-order chi connectivity index (χ1) is 12.7. The Bertz CT molecular complexity index is 833. The van der Waals surface area contributed by atoms with Gasteiger partial charge in [-0.05, 0) is 31.9 Å². The van der Waals surface area contributed by atoms with E-state index in [1.807, 2.05) is 19.1 Å². The molecule has 1 fully saturated rings. The van der Waals surface area contributed by atoms with Crippen LogP contribution in [-0.2, 0) is 11.0 Å². The van der Waals surface area contributed by atoms with Crippen LogP contribution < -0.4 is 5.32 Å². The van der Waals surface area contributed by atoms with Crippen molar-refractivity contribution in [2.75, 3.05) is 18.4 Å². The van der Waals surface area contributed by atoms with Crippen LogP contribution >= 0.6 is 11.3 Å². The second-order valence-corrected chi connectivity index (χ2v) is 7.34. The summed E-state index contributed by atoms with van der Waals surface area (Å²) in [5.41, 5.74) is 0.572. The lowest BCUT2D eigenvalue weighted by atomic mass is 9.96. The van der Waals surface area contributed by atoms with Crippen molar-refractivity contribution in [3.63, 3.8) is 0 Å². The number of anilines is 1. The predicted molar refractivity (Wildman–Crippen MR) is 95.6 cm³/mol. The van der Waals surface area contributed by atoms with Crippen molar-refractivity contribution in [2.24, 2.45) is 5.92 Å². The number of aryl methyl sites for hydroxylation is 1. The molecule has 9 heteroatoms. The molecule has 1 N–H and O–H groups in total. The van der Waals surface area contributed by atoms with Crippen molar-refractivity contribution in [1.29, 1.82) is 0 Å². The largest absolute Gasteiger partial charge is 0.434 e. The van der Waals surface area contributed by atoms with Gasteiger partial charge in [0, 0.05) is 24.0 Å². The third-order valence-electron chi connectivity index (χ3n) is 4.40. The average molecular weight is 397 g/mol. The lowest BCUT2D eigenvalue weighted by molar-refractivity contribution is -0.140. The van der Waals surface area contributed by atoms with Gasteiger partial charge in [-0.3, -0.25) is 9.59 Å². The van der Waals surface area contributed by atoms with Crippen LogP contribution in [-0.4, -0.2) is 34.8 Å². The van der Waals surface area contributed by atoms with Gasteiger partial charge in [0.2, 0.25) is 5.91 Å². The van der Waals surface area contributed by atoms with Crippen LogP contribution in [0, 0.1) is 12.8 Å². The molecule has 2 aromatic rings. The van der Waals surface area contributed by atoms with Crippen molar-refractivity contribution in [2.45, 2.75) is 25.9 Å². The van der Waals surface area contributed by atoms with Crippen LogP contribution in [0.25, 0.3) is 0 Å². The van der Waals surface area contributed by atoms with Gasteiger partial charge in [0.25, 0.3) is 5.91 Å². The van der Waals surface area contributed by atoms with E-state index in [1.54, 1.807) is 17.0 Å². The van der Waals surface area contributed by atoms with E-state index in [-0.39, 0.29) is 17.6 Å². The van der Waals surface area contributed by atoms with Gasteiger partial charge in [0.1, 0.15) is 0 Å². The second kappa shape index (κ2) is 7.67. The molecule has 0 bridgehead atoms. The Kier molecular flexibility index (Phi) is 5.50. The first-order valence-electron chi connectivity index (χ1n) is 8.43. The molecule has 0 spiro atoms. The number of aromatic nitrogens is 1. The average Bonchev–Trinajstić information content (AvgIpc) is 3.11. The third kappa shape index (κ3) is 4.65. The van der Waals surface area contributed by atoms with Crippen molar-refractivity contribution in [3.05, 3.63) is 46.5 Å². The summed E-state index contributed by atoms with van der Waals surface area (Å²) >= 11 is 0.730. The first-order valence-corrected chi connectivity index (χ1v) is 9.31. The Morgan fingerprint density at radius 3 is 2.59 bits per heavy atom. The maximum absolute atomic E-state index is 12.6. The summed E-state index contributed by atoms with van der Waals surface area (Å²) in [6, 6.07) is 7.19. The van der Waals surface area contributed by atoms with Gasteiger partial charge in [-0.2, -0.15) is 13.2 Å². The van der Waals surface area contributed by atoms with E-state index >= 15 is 0 Å². The summed E-state index contributed by atoms with van der Waals surface area (Å²) < 4.78 is 37.8. The lowest BCUT2D eigenvalue weighted by Gasteiger charge is -2.32. The lowest BCUT2D eigenvalue weighted by Crippen LogP contribution is -2.43. The Labute approximate surface area is 158 Å². The number of nitrogens with zero attached hydrogens (tertiary/aromatic N) is 2. The number of carbonyl (C=O) groups is 2. The van der Waals surface area contributed by atoms with Crippen LogP contribution in [0.4, 0.5) is 18.3 Å². The number of amides is 2. The molecule has 27 heavy (non-hydrogen) atoms. The minimum Gasteiger partial charge on any atom is -0.338 e. The van der Waals surface area contributed by atoms with Crippen molar-refractivity contribution >= 4 is 28.3 Å². The second-order valence-electron chi connectivity index (χ2n) is 6.48. The number of thiazole rings is 1. The van der Waals surface area contributed by atoms with Gasteiger partial charge >= 0.3 is 6.18 Å². The zero-order chi connectivity index (χ0) is 19.6. The molecule has 3 rings (SSSR count). The Morgan fingerprint density at radius 2 is 1.96 bits per heavy atom. The maximum atomic E-state index is 12.6. The molecule has 2 amide bonds. The third-order valence-corrected chi connectivity index (χ3v) is 5.16. The number of alkyl halides is 3. The minimum absolute atomic E-state index is 0.0886. The van der Waals surface area contributed by atoms with Gasteiger partial charge in [0.05, 0.1) is 5.92 Å². The van der Waals surface area contributed by atoms with Crippen LogP contribution in [0.15, 0.2) is 29.6 Å². The van der Waals surface area contributed by atoms with Crippen molar-refractivity contribution < 1.29 is 22.8 Å². The zero-order valence-corrected chi connectivity index (χ0v) is 15.4. The van der Waals surface area contributed by atoms with Gasteiger partial charge in [-0.15, -0.1) is 11.3 Å². The Balaban J connectivity index is 1.63. The van der Waals surface area contributed by atoms with Gasteiger partial charge in [-0.25, -0.2) is 4.98 Å². The predicted octanol–water partition coefficient (Wildman–Crippen LogP) is 3.96.